The highest BCUT2D eigenvalue weighted by Gasteiger charge is 2.25. The van der Waals surface area contributed by atoms with Gasteiger partial charge in [-0.1, -0.05) is 41.9 Å². The van der Waals surface area contributed by atoms with Gasteiger partial charge in [0.25, 0.3) is 5.89 Å². The Kier molecular flexibility index (Phi) is 4.21. The smallest absolute Gasteiger partial charge is 0.341 e. The minimum absolute atomic E-state index is 0.228. The number of halogens is 1. The molecule has 0 spiro atoms. The summed E-state index contributed by atoms with van der Waals surface area (Å²) in [5, 5.41) is 4.74. The lowest BCUT2D eigenvalue weighted by Crippen LogP contribution is -2.14. The maximum Gasteiger partial charge on any atom is 0.341 e. The van der Waals surface area contributed by atoms with Crippen molar-refractivity contribution in [2.45, 2.75) is 39.2 Å². The Balaban J connectivity index is 1.81. The average Bonchev–Trinajstić information content (AvgIpc) is 3.13. The molecule has 0 bridgehead atoms. The van der Waals surface area contributed by atoms with Gasteiger partial charge in [-0.3, -0.25) is 0 Å². The first-order chi connectivity index (χ1) is 11.3. The minimum Gasteiger partial charge on any atom is -0.449 e. The van der Waals surface area contributed by atoms with Crippen molar-refractivity contribution in [3.63, 3.8) is 0 Å². The molecule has 0 radical (unpaired) electrons. The fourth-order valence-electron chi connectivity index (χ4n) is 2.24. The van der Waals surface area contributed by atoms with E-state index in [1.807, 2.05) is 39.0 Å². The van der Waals surface area contributed by atoms with Gasteiger partial charge in [0.1, 0.15) is 0 Å². The van der Waals surface area contributed by atoms with Gasteiger partial charge in [0, 0.05) is 27.0 Å². The lowest BCUT2D eigenvalue weighted by atomic mass is 9.96. The van der Waals surface area contributed by atoms with Gasteiger partial charge in [-0.2, -0.15) is 4.98 Å². The van der Waals surface area contributed by atoms with Crippen LogP contribution in [0, 0.1) is 0 Å². The molecule has 2 heterocycles. The standard InChI is InChI=1S/C17H18BrN3O3/c1-9(14-20-16(21-24-14)17(2,3)4)23-15(22)12-8-19-13-6-5-10(18)7-11(12)13/h5-9,19H,1-4H3. The van der Waals surface area contributed by atoms with Crippen LogP contribution in [0.15, 0.2) is 33.4 Å². The number of esters is 1. The summed E-state index contributed by atoms with van der Waals surface area (Å²) in [6.45, 7) is 7.68. The minimum atomic E-state index is -0.627. The van der Waals surface area contributed by atoms with Crippen LogP contribution in [0.4, 0.5) is 0 Å². The van der Waals surface area contributed by atoms with Gasteiger partial charge in [-0.25, -0.2) is 4.79 Å². The van der Waals surface area contributed by atoms with E-state index in [2.05, 4.69) is 31.1 Å². The molecule has 0 saturated carbocycles. The van der Waals surface area contributed by atoms with Crippen molar-refractivity contribution in [1.29, 1.82) is 0 Å². The number of fused-ring (bicyclic) bond motifs is 1. The molecule has 1 unspecified atom stereocenters. The third kappa shape index (κ3) is 3.21. The highest BCUT2D eigenvalue weighted by molar-refractivity contribution is 9.10. The molecule has 6 nitrogen and oxygen atoms in total. The number of hydrogen-bond donors (Lipinski definition) is 1. The van der Waals surface area contributed by atoms with E-state index < -0.39 is 12.1 Å². The van der Waals surface area contributed by atoms with Crippen LogP contribution in [0.1, 0.15) is 55.9 Å². The van der Waals surface area contributed by atoms with Gasteiger partial charge in [0.05, 0.1) is 5.56 Å². The number of carbonyl (C=O) groups is 1. The van der Waals surface area contributed by atoms with Gasteiger partial charge >= 0.3 is 5.97 Å². The van der Waals surface area contributed by atoms with Crippen molar-refractivity contribution in [1.82, 2.24) is 15.1 Å². The number of ether oxygens (including phenoxy) is 1. The molecule has 0 aliphatic heterocycles. The van der Waals surface area contributed by atoms with Crippen molar-refractivity contribution in [3.8, 4) is 0 Å². The fraction of sp³-hybridized carbons (Fsp3) is 0.353. The number of carbonyl (C=O) groups excluding carboxylic acids is 1. The zero-order valence-electron chi connectivity index (χ0n) is 13.9. The molecule has 0 saturated heterocycles. The van der Waals surface area contributed by atoms with Crippen LogP contribution in [0.2, 0.25) is 0 Å². The van der Waals surface area contributed by atoms with Crippen LogP contribution in [-0.2, 0) is 10.2 Å². The second kappa shape index (κ2) is 6.05. The zero-order chi connectivity index (χ0) is 17.5. The van der Waals surface area contributed by atoms with Gasteiger partial charge in [0.2, 0.25) is 0 Å². The zero-order valence-corrected chi connectivity index (χ0v) is 15.5. The van der Waals surface area contributed by atoms with E-state index in [9.17, 15) is 4.79 Å². The fourth-order valence-corrected chi connectivity index (χ4v) is 2.60. The molecule has 3 aromatic rings. The number of hydrogen-bond acceptors (Lipinski definition) is 5. The first-order valence-corrected chi connectivity index (χ1v) is 8.36. The lowest BCUT2D eigenvalue weighted by Gasteiger charge is -2.11. The highest BCUT2D eigenvalue weighted by Crippen LogP contribution is 2.26. The second-order valence-electron chi connectivity index (χ2n) is 6.65. The Bertz CT molecular complexity index is 892. The van der Waals surface area contributed by atoms with Gasteiger partial charge < -0.3 is 14.2 Å². The third-order valence-electron chi connectivity index (χ3n) is 3.61. The van der Waals surface area contributed by atoms with Crippen molar-refractivity contribution in [3.05, 3.63) is 46.1 Å². The Morgan fingerprint density at radius 2 is 2.12 bits per heavy atom. The Hall–Kier alpha value is -2.15. The monoisotopic (exact) mass is 391 g/mol. The number of aromatic nitrogens is 3. The Morgan fingerprint density at radius 1 is 1.38 bits per heavy atom. The Labute approximate surface area is 147 Å². The van der Waals surface area contributed by atoms with E-state index in [1.165, 1.54) is 0 Å². The molecule has 2 aromatic heterocycles. The summed E-state index contributed by atoms with van der Waals surface area (Å²) in [6.07, 6.45) is 1.01. The first kappa shape index (κ1) is 16.7. The largest absolute Gasteiger partial charge is 0.449 e. The molecular formula is C17H18BrN3O3. The Morgan fingerprint density at radius 3 is 2.79 bits per heavy atom. The summed E-state index contributed by atoms with van der Waals surface area (Å²) in [4.78, 5) is 19.9. The molecule has 0 aliphatic carbocycles. The number of aromatic amines is 1. The quantitative estimate of drug-likeness (QED) is 0.663. The number of rotatable bonds is 3. The second-order valence-corrected chi connectivity index (χ2v) is 7.56. The van der Waals surface area contributed by atoms with Crippen LogP contribution < -0.4 is 0 Å². The molecule has 7 heteroatoms. The number of H-pyrrole nitrogens is 1. The topological polar surface area (TPSA) is 81.0 Å². The van der Waals surface area contributed by atoms with Gasteiger partial charge in [-0.15, -0.1) is 0 Å². The van der Waals surface area contributed by atoms with Crippen molar-refractivity contribution in [2.75, 3.05) is 0 Å². The SMILES string of the molecule is CC(OC(=O)c1c[nH]c2ccc(Br)cc12)c1nc(C(C)(C)C)no1. The summed E-state index contributed by atoms with van der Waals surface area (Å²) in [5.41, 5.74) is 1.11. The molecule has 126 valence electrons. The van der Waals surface area contributed by atoms with Crippen LogP contribution >= 0.6 is 15.9 Å². The molecule has 1 atom stereocenters. The molecule has 24 heavy (non-hydrogen) atoms. The summed E-state index contributed by atoms with van der Waals surface area (Å²) in [6, 6.07) is 5.67. The maximum atomic E-state index is 12.5. The molecular weight excluding hydrogens is 374 g/mol. The molecule has 1 aromatic carbocycles. The summed E-state index contributed by atoms with van der Waals surface area (Å²) >= 11 is 3.41. The number of nitrogens with zero attached hydrogens (tertiary/aromatic N) is 2. The molecule has 3 rings (SSSR count). The van der Waals surface area contributed by atoms with Crippen molar-refractivity contribution in [2.24, 2.45) is 0 Å². The lowest BCUT2D eigenvalue weighted by molar-refractivity contribution is 0.0268. The predicted octanol–water partition coefficient (Wildman–Crippen LogP) is 4.53. The highest BCUT2D eigenvalue weighted by atomic mass is 79.9. The average molecular weight is 392 g/mol. The molecule has 0 fully saturated rings. The van der Waals surface area contributed by atoms with E-state index in [-0.39, 0.29) is 11.3 Å². The van der Waals surface area contributed by atoms with Gasteiger partial charge in [0.15, 0.2) is 11.9 Å². The summed E-state index contributed by atoms with van der Waals surface area (Å²) in [5.74, 6) is 0.424. The van der Waals surface area contributed by atoms with Crippen LogP contribution in [0.3, 0.4) is 0 Å². The van der Waals surface area contributed by atoms with E-state index in [1.54, 1.807) is 13.1 Å². The summed E-state index contributed by atoms with van der Waals surface area (Å²) < 4.78 is 11.6. The van der Waals surface area contributed by atoms with Crippen LogP contribution in [0.5, 0.6) is 0 Å². The molecule has 1 N–H and O–H groups in total. The van der Waals surface area contributed by atoms with Crippen molar-refractivity contribution >= 4 is 32.8 Å². The van der Waals surface area contributed by atoms with Gasteiger partial charge in [-0.05, 0) is 25.1 Å². The number of benzene rings is 1. The van der Waals surface area contributed by atoms with E-state index in [0.717, 1.165) is 15.4 Å². The first-order valence-electron chi connectivity index (χ1n) is 7.57. The molecule has 0 aliphatic rings. The van der Waals surface area contributed by atoms with E-state index in [4.69, 9.17) is 9.26 Å². The summed E-state index contributed by atoms with van der Waals surface area (Å²) in [7, 11) is 0. The van der Waals surface area contributed by atoms with E-state index >= 15 is 0 Å². The van der Waals surface area contributed by atoms with E-state index in [0.29, 0.717) is 11.4 Å². The number of nitrogens with one attached hydrogen (secondary N) is 1. The van der Waals surface area contributed by atoms with Crippen LogP contribution in [0.25, 0.3) is 10.9 Å². The third-order valence-corrected chi connectivity index (χ3v) is 4.10. The maximum absolute atomic E-state index is 12.5. The van der Waals surface area contributed by atoms with Crippen molar-refractivity contribution < 1.29 is 14.1 Å². The normalized spacial score (nSPS) is 13.2. The molecule has 0 amide bonds. The van der Waals surface area contributed by atoms with Crippen LogP contribution in [-0.4, -0.2) is 21.1 Å². The predicted molar refractivity (Wildman–Crippen MR) is 92.8 cm³/mol.